The Hall–Kier alpha value is -5.50. The molecular formula is C35H43ClN10O4. The quantitative estimate of drug-likeness (QED) is 0.0655. The van der Waals surface area contributed by atoms with E-state index in [0.717, 1.165) is 5.56 Å². The summed E-state index contributed by atoms with van der Waals surface area (Å²) < 4.78 is 7.51. The number of para-hydroxylation sites is 1. The van der Waals surface area contributed by atoms with Gasteiger partial charge in [0.25, 0.3) is 5.91 Å². The van der Waals surface area contributed by atoms with Crippen LogP contribution < -0.4 is 32.2 Å². The summed E-state index contributed by atoms with van der Waals surface area (Å²) in [5.74, 6) is -0.00745. The molecule has 0 saturated carbocycles. The first kappa shape index (κ1) is 37.3. The SMILES string of the molecule is Cc1ccccc1Oc1ccnc(CNC(=O)[C@H](CC(C)C)NC(=O)[C@H](CCCN=C(N)N)NC(=O)c2nc(C)n(-c3ccc(Cl)cc3)n2)c1. The first-order chi connectivity index (χ1) is 23.9. The van der Waals surface area contributed by atoms with Crippen molar-refractivity contribution in [1.82, 2.24) is 35.7 Å². The van der Waals surface area contributed by atoms with Gasteiger partial charge in [0.2, 0.25) is 17.6 Å². The molecule has 0 radical (unpaired) electrons. The standard InChI is InChI=1S/C35H43ClN10O4/c1-21(2)18-29(32(47)41-20-25-19-27(15-17-39-25)50-30-10-6-5-8-22(30)3)44-33(48)28(9-7-16-40-35(37)38)43-34(49)31-42-23(4)46(45-31)26-13-11-24(36)12-14-26/h5-6,8,10-15,17,19,21,28-29H,7,9,16,18,20H2,1-4H3,(H,41,47)(H,43,49)(H,44,48)(H4,37,38,40)/t28-,29-/m0/s1. The van der Waals surface area contributed by atoms with Crippen molar-refractivity contribution in [3.8, 4) is 17.2 Å². The van der Waals surface area contributed by atoms with E-state index in [2.05, 4.69) is 36.0 Å². The molecule has 0 fully saturated rings. The van der Waals surface area contributed by atoms with Gasteiger partial charge in [-0.3, -0.25) is 24.4 Å². The summed E-state index contributed by atoms with van der Waals surface area (Å²) in [6.07, 6.45) is 2.50. The molecule has 14 nitrogen and oxygen atoms in total. The normalized spacial score (nSPS) is 12.1. The van der Waals surface area contributed by atoms with E-state index in [0.29, 0.717) is 46.6 Å². The first-order valence-electron chi connectivity index (χ1n) is 16.2. The average molecular weight is 703 g/mol. The molecule has 0 spiro atoms. The third kappa shape index (κ3) is 11.0. The van der Waals surface area contributed by atoms with Crippen molar-refractivity contribution in [3.63, 3.8) is 0 Å². The number of halogens is 1. The van der Waals surface area contributed by atoms with Gasteiger partial charge in [-0.25, -0.2) is 9.67 Å². The molecular weight excluding hydrogens is 660 g/mol. The lowest BCUT2D eigenvalue weighted by molar-refractivity contribution is -0.130. The molecule has 0 unspecified atom stereocenters. The van der Waals surface area contributed by atoms with E-state index >= 15 is 0 Å². The Bertz CT molecular complexity index is 1810. The number of aryl methyl sites for hydroxylation is 2. The monoisotopic (exact) mass is 702 g/mol. The predicted octanol–water partition coefficient (Wildman–Crippen LogP) is 3.72. The van der Waals surface area contributed by atoms with Crippen molar-refractivity contribution < 1.29 is 19.1 Å². The van der Waals surface area contributed by atoms with E-state index < -0.39 is 29.8 Å². The van der Waals surface area contributed by atoms with Crippen molar-refractivity contribution in [2.45, 2.75) is 65.6 Å². The van der Waals surface area contributed by atoms with Crippen LogP contribution in [0.5, 0.6) is 11.5 Å². The Morgan fingerprint density at radius 1 is 0.980 bits per heavy atom. The predicted molar refractivity (Wildman–Crippen MR) is 191 cm³/mol. The second-order valence-electron chi connectivity index (χ2n) is 12.1. The maximum atomic E-state index is 13.7. The van der Waals surface area contributed by atoms with E-state index in [1.807, 2.05) is 45.0 Å². The molecule has 7 N–H and O–H groups in total. The Kier molecular flexibility index (Phi) is 13.3. The molecule has 4 rings (SSSR count). The fourth-order valence-corrected chi connectivity index (χ4v) is 5.12. The van der Waals surface area contributed by atoms with Gasteiger partial charge in [0.1, 0.15) is 29.4 Å². The largest absolute Gasteiger partial charge is 0.457 e. The molecule has 2 atom stereocenters. The molecule has 0 aliphatic carbocycles. The highest BCUT2D eigenvalue weighted by molar-refractivity contribution is 6.30. The highest BCUT2D eigenvalue weighted by atomic mass is 35.5. The number of pyridine rings is 1. The molecule has 3 amide bonds. The van der Waals surface area contributed by atoms with Crippen LogP contribution in [0.1, 0.15) is 60.8 Å². The summed E-state index contributed by atoms with van der Waals surface area (Å²) in [7, 11) is 0. The molecule has 50 heavy (non-hydrogen) atoms. The number of rotatable bonds is 16. The van der Waals surface area contributed by atoms with E-state index in [1.54, 1.807) is 49.5 Å². The van der Waals surface area contributed by atoms with Crippen LogP contribution in [0.2, 0.25) is 5.02 Å². The topological polar surface area (TPSA) is 205 Å². The van der Waals surface area contributed by atoms with E-state index in [1.165, 1.54) is 4.68 Å². The van der Waals surface area contributed by atoms with Crippen molar-refractivity contribution in [2.75, 3.05) is 6.54 Å². The number of guanidine groups is 1. The van der Waals surface area contributed by atoms with Crippen LogP contribution in [-0.2, 0) is 16.1 Å². The summed E-state index contributed by atoms with van der Waals surface area (Å²) in [6, 6.07) is 16.1. The van der Waals surface area contributed by atoms with Crippen LogP contribution in [0.4, 0.5) is 0 Å². The van der Waals surface area contributed by atoms with Gasteiger partial charge < -0.3 is 32.2 Å². The Morgan fingerprint density at radius 3 is 2.42 bits per heavy atom. The molecule has 0 aliphatic heterocycles. The molecule has 4 aromatic rings. The lowest BCUT2D eigenvalue weighted by Gasteiger charge is -2.24. The molecule has 2 aromatic heterocycles. The number of benzene rings is 2. The highest BCUT2D eigenvalue weighted by Gasteiger charge is 2.29. The minimum absolute atomic E-state index is 0.0638. The van der Waals surface area contributed by atoms with Crippen LogP contribution in [0, 0.1) is 19.8 Å². The Balaban J connectivity index is 1.45. The maximum absolute atomic E-state index is 13.7. The zero-order valence-electron chi connectivity index (χ0n) is 28.5. The van der Waals surface area contributed by atoms with Crippen LogP contribution in [0.15, 0.2) is 71.9 Å². The van der Waals surface area contributed by atoms with Gasteiger partial charge in [-0.05, 0) is 81.0 Å². The Morgan fingerprint density at radius 2 is 1.72 bits per heavy atom. The Labute approximate surface area is 296 Å². The van der Waals surface area contributed by atoms with E-state index in [-0.39, 0.29) is 37.2 Å². The number of nitrogens with zero attached hydrogens (tertiary/aromatic N) is 5. The van der Waals surface area contributed by atoms with Gasteiger partial charge >= 0.3 is 0 Å². The number of ether oxygens (including phenoxy) is 1. The van der Waals surface area contributed by atoms with Gasteiger partial charge in [0.15, 0.2) is 5.96 Å². The van der Waals surface area contributed by atoms with Gasteiger partial charge in [-0.2, -0.15) is 0 Å². The van der Waals surface area contributed by atoms with E-state index in [4.69, 9.17) is 27.8 Å². The second-order valence-corrected chi connectivity index (χ2v) is 12.5. The molecule has 2 aromatic carbocycles. The van der Waals surface area contributed by atoms with Gasteiger partial charge in [-0.15, -0.1) is 5.10 Å². The smallest absolute Gasteiger partial charge is 0.291 e. The molecule has 0 saturated heterocycles. The molecule has 264 valence electrons. The third-order valence-corrected chi connectivity index (χ3v) is 7.76. The third-order valence-electron chi connectivity index (χ3n) is 7.50. The fourth-order valence-electron chi connectivity index (χ4n) is 5.00. The maximum Gasteiger partial charge on any atom is 0.291 e. The van der Waals surface area contributed by atoms with Crippen LogP contribution in [-0.4, -0.2) is 62.1 Å². The van der Waals surface area contributed by atoms with E-state index in [9.17, 15) is 14.4 Å². The molecule has 0 bridgehead atoms. The van der Waals surface area contributed by atoms with Gasteiger partial charge in [-0.1, -0.05) is 43.6 Å². The fraction of sp³-hybridized carbons (Fsp3) is 0.343. The van der Waals surface area contributed by atoms with Gasteiger partial charge in [0, 0.05) is 23.8 Å². The number of nitrogens with one attached hydrogen (secondary N) is 3. The summed E-state index contributed by atoms with van der Waals surface area (Å²) in [4.78, 5) is 53.1. The zero-order chi connectivity index (χ0) is 36.2. The van der Waals surface area contributed by atoms with Crippen molar-refractivity contribution in [3.05, 3.63) is 94.8 Å². The number of carbonyl (C=O) groups is 3. The van der Waals surface area contributed by atoms with Gasteiger partial charge in [0.05, 0.1) is 17.9 Å². The molecule has 15 heteroatoms. The number of hydrogen-bond acceptors (Lipinski definition) is 8. The van der Waals surface area contributed by atoms with Crippen molar-refractivity contribution in [1.29, 1.82) is 0 Å². The summed E-state index contributed by atoms with van der Waals surface area (Å²) in [5.41, 5.74) is 13.1. The number of nitrogens with two attached hydrogens (primary N) is 2. The van der Waals surface area contributed by atoms with Crippen molar-refractivity contribution in [2.24, 2.45) is 22.4 Å². The second kappa shape index (κ2) is 17.8. The lowest BCUT2D eigenvalue weighted by Crippen LogP contribution is -2.54. The van der Waals surface area contributed by atoms with Crippen molar-refractivity contribution >= 4 is 35.3 Å². The molecule has 2 heterocycles. The minimum Gasteiger partial charge on any atom is -0.457 e. The number of amides is 3. The zero-order valence-corrected chi connectivity index (χ0v) is 29.3. The summed E-state index contributed by atoms with van der Waals surface area (Å²) >= 11 is 6.01. The summed E-state index contributed by atoms with van der Waals surface area (Å²) in [5, 5.41) is 13.3. The summed E-state index contributed by atoms with van der Waals surface area (Å²) in [6.45, 7) is 7.89. The first-order valence-corrected chi connectivity index (χ1v) is 16.6. The number of aromatic nitrogens is 4. The average Bonchev–Trinajstić information content (AvgIpc) is 3.47. The van der Waals surface area contributed by atoms with Crippen LogP contribution >= 0.6 is 11.6 Å². The van der Waals surface area contributed by atoms with Crippen LogP contribution in [0.3, 0.4) is 0 Å². The number of aliphatic imine (C=N–C) groups is 1. The minimum atomic E-state index is -1.04. The number of hydrogen-bond donors (Lipinski definition) is 5. The highest BCUT2D eigenvalue weighted by Crippen LogP contribution is 2.24. The van der Waals surface area contributed by atoms with Crippen LogP contribution in [0.25, 0.3) is 5.69 Å². The lowest BCUT2D eigenvalue weighted by atomic mass is 10.0. The molecule has 0 aliphatic rings. The number of carbonyl (C=O) groups excluding carboxylic acids is 3.